The summed E-state index contributed by atoms with van der Waals surface area (Å²) in [5.41, 5.74) is 1.15. The first-order valence-electron chi connectivity index (χ1n) is 13.6. The molecule has 0 fully saturated rings. The Morgan fingerprint density at radius 1 is 0.784 bits per heavy atom. The Morgan fingerprint density at radius 3 is 1.65 bits per heavy atom. The van der Waals surface area contributed by atoms with Crippen LogP contribution in [-0.2, 0) is 33.5 Å². The SMILES string of the molecule is COC(=O)CC(C(=O)OC)C(=O)c1cc2nc(OC)c(OC)cc2s1.COc1cc2sc(C(=O)CCC(=O)O)cc2nc1OC.O=CO[O-].[H-].[K+].[K+]. The van der Waals surface area contributed by atoms with Gasteiger partial charge in [-0.15, -0.1) is 22.7 Å². The van der Waals surface area contributed by atoms with Gasteiger partial charge in [0.1, 0.15) is 5.92 Å². The van der Waals surface area contributed by atoms with E-state index in [0.717, 1.165) is 23.1 Å². The first-order valence-corrected chi connectivity index (χ1v) is 15.3. The summed E-state index contributed by atoms with van der Waals surface area (Å²) in [6, 6.07) is 6.62. The van der Waals surface area contributed by atoms with Crippen molar-refractivity contribution < 1.29 is 177 Å². The van der Waals surface area contributed by atoms with Gasteiger partial charge in [0.05, 0.1) is 85.7 Å². The van der Waals surface area contributed by atoms with E-state index in [2.05, 4.69) is 24.3 Å². The molecule has 0 saturated heterocycles. The normalized spacial score (nSPS) is 10.3. The van der Waals surface area contributed by atoms with Crippen molar-refractivity contribution in [3.63, 3.8) is 0 Å². The molecule has 0 spiro atoms. The molecule has 4 rings (SSSR count). The molecule has 4 heterocycles. The summed E-state index contributed by atoms with van der Waals surface area (Å²) in [5, 5.41) is 17.0. The molecule has 0 aliphatic rings. The number of nitrogens with zero attached hydrogens (tertiary/aromatic N) is 2. The molecule has 0 aliphatic carbocycles. The van der Waals surface area contributed by atoms with Gasteiger partial charge in [0.25, 0.3) is 18.2 Å². The van der Waals surface area contributed by atoms with E-state index in [0.29, 0.717) is 38.0 Å². The number of rotatable bonds is 14. The summed E-state index contributed by atoms with van der Waals surface area (Å²) in [6.07, 6.45) is -0.583. The molecule has 0 aliphatic heterocycles. The summed E-state index contributed by atoms with van der Waals surface area (Å²) < 4.78 is 31.2. The largest absolute Gasteiger partial charge is 1.00 e. The standard InChI is InChI=1S/C16H17NO7S.C13H13NO5S.CH2O3.2K.H/c1-21-10-7-11-9(17-15(10)23-3)6-12(25-11)14(19)8(16(20)24-4)5-13(18)22-2;1-18-9-6-10-7(14-13(9)19-2)5-11(20-10)8(15)3-4-12(16)17;2-1-4-3;;;/h6-8H,5H2,1-4H3;5-6H,3-4H2,1-2H3,(H,16,17);1,3H;;;/q;;;2*+1;-1/p-1. The fraction of sp³-hybridized carbons (Fsp3) is 0.333. The number of aliphatic carboxylic acids is 1. The van der Waals surface area contributed by atoms with Gasteiger partial charge in [0.2, 0.25) is 0 Å². The smallest absolute Gasteiger partial charge is 1.00 e. The molecular weight excluding hydrogens is 771 g/mol. The van der Waals surface area contributed by atoms with E-state index < -0.39 is 36.0 Å². The van der Waals surface area contributed by atoms with E-state index in [9.17, 15) is 24.0 Å². The van der Waals surface area contributed by atoms with Gasteiger partial charge in [-0.25, -0.2) is 9.97 Å². The van der Waals surface area contributed by atoms with Crippen LogP contribution >= 0.6 is 22.7 Å². The Kier molecular flexibility index (Phi) is 23.9. The van der Waals surface area contributed by atoms with E-state index in [-0.39, 0.29) is 140 Å². The number of ketones is 2. The molecule has 4 aromatic rings. The van der Waals surface area contributed by atoms with E-state index in [1.807, 2.05) is 0 Å². The van der Waals surface area contributed by atoms with Gasteiger partial charge in [0, 0.05) is 18.6 Å². The third-order valence-electron chi connectivity index (χ3n) is 6.22. The monoisotopic (exact) mass is 802 g/mol. The van der Waals surface area contributed by atoms with E-state index in [4.69, 9.17) is 34.1 Å². The molecule has 0 saturated carbocycles. The third-order valence-corrected chi connectivity index (χ3v) is 8.42. The minimum absolute atomic E-state index is 0. The number of carbonyl (C=O) groups is 6. The number of esters is 2. The second-order valence-electron chi connectivity index (χ2n) is 9.12. The number of fused-ring (bicyclic) bond motifs is 2. The van der Waals surface area contributed by atoms with Gasteiger partial charge in [-0.1, -0.05) is 0 Å². The molecular formula is C30H32K2N2O15S2. The Labute approximate surface area is 385 Å². The van der Waals surface area contributed by atoms with Crippen molar-refractivity contribution in [2.75, 3.05) is 42.7 Å². The van der Waals surface area contributed by atoms with Gasteiger partial charge >= 0.3 is 121 Å². The maximum Gasteiger partial charge on any atom is 1.00 e. The molecule has 4 aromatic heterocycles. The van der Waals surface area contributed by atoms with Crippen LogP contribution < -0.4 is 127 Å². The van der Waals surface area contributed by atoms with E-state index >= 15 is 0 Å². The molecule has 1 N–H and O–H groups in total. The van der Waals surface area contributed by atoms with E-state index in [1.165, 1.54) is 53.0 Å². The van der Waals surface area contributed by atoms with Crippen LogP contribution in [0.4, 0.5) is 0 Å². The number of thiophene rings is 2. The van der Waals surface area contributed by atoms with Crippen molar-refractivity contribution in [3.05, 3.63) is 34.0 Å². The Bertz CT molecular complexity index is 1740. The summed E-state index contributed by atoms with van der Waals surface area (Å²) in [5.74, 6) is -2.90. The summed E-state index contributed by atoms with van der Waals surface area (Å²) >= 11 is 2.40. The molecule has 17 nitrogen and oxygen atoms in total. The molecule has 21 heteroatoms. The number of carboxylic acid groups (broad SMARTS) is 1. The minimum atomic E-state index is -1.27. The molecule has 51 heavy (non-hydrogen) atoms. The number of Topliss-reactive ketones (excluding diaryl/α,β-unsaturated/α-hetero) is 2. The molecule has 266 valence electrons. The summed E-state index contributed by atoms with van der Waals surface area (Å²) in [6.45, 7) is -0.181. The van der Waals surface area contributed by atoms with Gasteiger partial charge in [-0.2, -0.15) is 0 Å². The fourth-order valence-electron chi connectivity index (χ4n) is 3.90. The topological polar surface area (TPSA) is 236 Å². The van der Waals surface area contributed by atoms with Crippen LogP contribution in [0.5, 0.6) is 23.3 Å². The number of carbonyl (C=O) groups excluding carboxylic acids is 5. The zero-order valence-electron chi connectivity index (χ0n) is 30.0. The predicted molar refractivity (Wildman–Crippen MR) is 171 cm³/mol. The number of hydrogen-bond acceptors (Lipinski definition) is 18. The Hall–Kier alpha value is -2.13. The van der Waals surface area contributed by atoms with Crippen LogP contribution in [-0.4, -0.2) is 93.7 Å². The molecule has 0 bridgehead atoms. The van der Waals surface area contributed by atoms with Crippen LogP contribution in [0, 0.1) is 5.92 Å². The maximum absolute atomic E-state index is 12.7. The van der Waals surface area contributed by atoms with Crippen molar-refractivity contribution >= 4 is 79.1 Å². The number of carboxylic acids is 1. The average Bonchev–Trinajstić information content (AvgIpc) is 3.74. The minimum Gasteiger partial charge on any atom is -1.00 e. The molecule has 1 unspecified atom stereocenters. The quantitative estimate of drug-likeness (QED) is 0.0251. The molecule has 0 radical (unpaired) electrons. The molecule has 0 amide bonds. The Morgan fingerprint density at radius 2 is 1.25 bits per heavy atom. The van der Waals surface area contributed by atoms with Crippen LogP contribution in [0.25, 0.3) is 20.4 Å². The third kappa shape index (κ3) is 14.3. The van der Waals surface area contributed by atoms with Gasteiger partial charge in [0.15, 0.2) is 23.1 Å². The number of methoxy groups -OCH3 is 6. The van der Waals surface area contributed by atoms with Gasteiger partial charge < -0.3 is 45.1 Å². The van der Waals surface area contributed by atoms with E-state index in [1.54, 1.807) is 18.2 Å². The van der Waals surface area contributed by atoms with Crippen LogP contribution in [0.2, 0.25) is 0 Å². The summed E-state index contributed by atoms with van der Waals surface area (Å²) in [4.78, 5) is 79.0. The van der Waals surface area contributed by atoms with Crippen molar-refractivity contribution in [1.82, 2.24) is 9.97 Å². The average molecular weight is 803 g/mol. The number of hydrogen-bond donors (Lipinski definition) is 1. The summed E-state index contributed by atoms with van der Waals surface area (Å²) in [7, 11) is 8.28. The number of aromatic nitrogens is 2. The van der Waals surface area contributed by atoms with Crippen LogP contribution in [0.15, 0.2) is 24.3 Å². The maximum atomic E-state index is 12.7. The number of ether oxygens (including phenoxy) is 6. The van der Waals surface area contributed by atoms with Crippen LogP contribution in [0.1, 0.15) is 40.0 Å². The van der Waals surface area contributed by atoms with Crippen molar-refractivity contribution in [1.29, 1.82) is 0 Å². The van der Waals surface area contributed by atoms with Crippen LogP contribution in [0.3, 0.4) is 0 Å². The fourth-order valence-corrected chi connectivity index (χ4v) is 5.92. The molecule has 1 atom stereocenters. The first-order chi connectivity index (χ1) is 23.4. The zero-order chi connectivity index (χ0) is 36.7. The second kappa shape index (κ2) is 25.0. The second-order valence-corrected chi connectivity index (χ2v) is 11.3. The number of pyridine rings is 2. The first kappa shape index (κ1) is 48.9. The van der Waals surface area contributed by atoms with Gasteiger partial charge in [-0.05, 0) is 12.1 Å². The Balaban J connectivity index is 0. The molecule has 0 aromatic carbocycles. The van der Waals surface area contributed by atoms with Gasteiger partial charge in [-0.3, -0.25) is 28.8 Å². The van der Waals surface area contributed by atoms with Crippen molar-refractivity contribution in [2.24, 2.45) is 5.92 Å². The predicted octanol–water partition coefficient (Wildman–Crippen LogP) is -3.24. The van der Waals surface area contributed by atoms with Crippen molar-refractivity contribution in [3.8, 4) is 23.3 Å². The zero-order valence-corrected chi connectivity index (χ0v) is 36.8. The van der Waals surface area contributed by atoms with Crippen molar-refractivity contribution in [2.45, 2.75) is 19.3 Å².